The highest BCUT2D eigenvalue weighted by Crippen LogP contribution is 2.32. The highest BCUT2D eigenvalue weighted by molar-refractivity contribution is 5.78. The second-order valence-corrected chi connectivity index (χ2v) is 7.57. The number of amides is 1. The molecule has 0 saturated carbocycles. The molecule has 0 aliphatic carbocycles. The van der Waals surface area contributed by atoms with Crippen molar-refractivity contribution in [3.05, 3.63) is 60.2 Å². The van der Waals surface area contributed by atoms with Crippen LogP contribution in [0.5, 0.6) is 17.2 Å². The van der Waals surface area contributed by atoms with Gasteiger partial charge in [-0.1, -0.05) is 0 Å². The molecule has 10 heteroatoms. The topological polar surface area (TPSA) is 77.0 Å². The van der Waals surface area contributed by atoms with Gasteiger partial charge in [-0.3, -0.25) is 4.79 Å². The van der Waals surface area contributed by atoms with Crippen LogP contribution in [0.2, 0.25) is 0 Å². The molecule has 0 bridgehead atoms. The summed E-state index contributed by atoms with van der Waals surface area (Å²) in [6.45, 7) is 1.72. The van der Waals surface area contributed by atoms with Gasteiger partial charge >= 0.3 is 0 Å². The van der Waals surface area contributed by atoms with Crippen LogP contribution in [-0.4, -0.2) is 68.0 Å². The predicted octanol–water partition coefficient (Wildman–Crippen LogP) is 3.17. The Morgan fingerprint density at radius 2 is 1.68 bits per heavy atom. The molecule has 0 radical (unpaired) electrons. The van der Waals surface area contributed by atoms with E-state index in [4.69, 9.17) is 14.2 Å². The molecule has 1 amide bonds. The van der Waals surface area contributed by atoms with Gasteiger partial charge in [0, 0.05) is 37.8 Å². The lowest BCUT2D eigenvalue weighted by Gasteiger charge is -2.35. The molecule has 1 fully saturated rings. The van der Waals surface area contributed by atoms with Crippen LogP contribution in [0.1, 0.15) is 0 Å². The number of methoxy groups -OCH3 is 2. The van der Waals surface area contributed by atoms with E-state index in [1.165, 1.54) is 6.07 Å². The van der Waals surface area contributed by atoms with Gasteiger partial charge in [-0.2, -0.15) is 0 Å². The van der Waals surface area contributed by atoms with Crippen LogP contribution in [-0.2, 0) is 4.79 Å². The van der Waals surface area contributed by atoms with Crippen LogP contribution in [0.3, 0.4) is 0 Å². The molecule has 0 atom stereocenters. The van der Waals surface area contributed by atoms with Crippen LogP contribution < -0.4 is 19.1 Å². The minimum Gasteiger partial charge on any atom is -0.497 e. The molecule has 1 saturated heterocycles. The molecule has 0 unspecified atom stereocenters. The number of ether oxygens (including phenoxy) is 3. The van der Waals surface area contributed by atoms with E-state index in [1.54, 1.807) is 19.1 Å². The fourth-order valence-corrected chi connectivity index (χ4v) is 3.66. The second kappa shape index (κ2) is 10.3. The SMILES string of the molecule is COc1ccc(OC)c(-c2ccc(N3CCN(C(=O)COc4ccc(F)cc4F)CC3)nn2)c1. The van der Waals surface area contributed by atoms with Gasteiger partial charge in [-0.15, -0.1) is 10.2 Å². The van der Waals surface area contributed by atoms with Gasteiger partial charge in [0.15, 0.2) is 24.0 Å². The van der Waals surface area contributed by atoms with Gasteiger partial charge in [0.1, 0.15) is 17.3 Å². The van der Waals surface area contributed by atoms with E-state index in [-0.39, 0.29) is 18.3 Å². The third-order valence-electron chi connectivity index (χ3n) is 5.53. The minimum atomic E-state index is -0.841. The number of carbonyl (C=O) groups is 1. The van der Waals surface area contributed by atoms with E-state index in [1.807, 2.05) is 35.2 Å². The zero-order valence-corrected chi connectivity index (χ0v) is 18.8. The van der Waals surface area contributed by atoms with Gasteiger partial charge in [0.05, 0.1) is 19.9 Å². The standard InChI is InChI=1S/C24H24F2N4O4/c1-32-17-4-7-21(33-2)18(14-17)20-5-8-23(28-27-20)29-9-11-30(12-10-29)24(31)15-34-22-6-3-16(25)13-19(22)26/h3-8,13-14H,9-12,15H2,1-2H3. The average molecular weight is 470 g/mol. The molecule has 0 spiro atoms. The number of piperazine rings is 1. The van der Waals surface area contributed by atoms with E-state index in [0.717, 1.165) is 17.7 Å². The number of nitrogens with zero attached hydrogens (tertiary/aromatic N) is 4. The summed E-state index contributed by atoms with van der Waals surface area (Å²) in [6.07, 6.45) is 0. The third-order valence-corrected chi connectivity index (χ3v) is 5.53. The molecule has 1 aliphatic heterocycles. The summed E-state index contributed by atoms with van der Waals surface area (Å²) in [4.78, 5) is 16.1. The quantitative estimate of drug-likeness (QED) is 0.525. The largest absolute Gasteiger partial charge is 0.497 e. The Labute approximate surface area is 195 Å². The van der Waals surface area contributed by atoms with Gasteiger partial charge in [0.25, 0.3) is 5.91 Å². The first-order chi connectivity index (χ1) is 16.5. The van der Waals surface area contributed by atoms with E-state index in [0.29, 0.717) is 49.2 Å². The zero-order chi connectivity index (χ0) is 24.1. The Bertz CT molecular complexity index is 1150. The first-order valence-corrected chi connectivity index (χ1v) is 10.6. The Hall–Kier alpha value is -3.95. The average Bonchev–Trinajstić information content (AvgIpc) is 2.88. The van der Waals surface area contributed by atoms with Gasteiger partial charge in [-0.25, -0.2) is 8.78 Å². The highest BCUT2D eigenvalue weighted by atomic mass is 19.1. The Kier molecular flexibility index (Phi) is 7.05. The summed E-state index contributed by atoms with van der Waals surface area (Å²) < 4.78 is 42.6. The van der Waals surface area contributed by atoms with Crippen molar-refractivity contribution < 1.29 is 27.8 Å². The van der Waals surface area contributed by atoms with Crippen molar-refractivity contribution >= 4 is 11.7 Å². The molecule has 1 aliphatic rings. The van der Waals surface area contributed by atoms with Crippen LogP contribution in [0.4, 0.5) is 14.6 Å². The molecule has 0 N–H and O–H groups in total. The van der Waals surface area contributed by atoms with Crippen molar-refractivity contribution in [2.45, 2.75) is 0 Å². The maximum atomic E-state index is 13.7. The fourth-order valence-electron chi connectivity index (χ4n) is 3.66. The van der Waals surface area contributed by atoms with Crippen LogP contribution >= 0.6 is 0 Å². The summed E-state index contributed by atoms with van der Waals surface area (Å²) in [7, 11) is 3.19. The summed E-state index contributed by atoms with van der Waals surface area (Å²) in [6, 6.07) is 12.2. The lowest BCUT2D eigenvalue weighted by Crippen LogP contribution is -2.50. The van der Waals surface area contributed by atoms with Crippen LogP contribution in [0.25, 0.3) is 11.3 Å². The summed E-state index contributed by atoms with van der Waals surface area (Å²) >= 11 is 0. The summed E-state index contributed by atoms with van der Waals surface area (Å²) in [5.74, 6) is 0.0808. The molecule has 4 rings (SSSR count). The molecule has 3 aromatic rings. The van der Waals surface area contributed by atoms with Crippen molar-refractivity contribution in [2.75, 3.05) is 51.9 Å². The molecule has 178 valence electrons. The smallest absolute Gasteiger partial charge is 0.260 e. The van der Waals surface area contributed by atoms with Crippen molar-refractivity contribution in [1.29, 1.82) is 0 Å². The van der Waals surface area contributed by atoms with Gasteiger partial charge in [0.2, 0.25) is 0 Å². The number of hydrogen-bond acceptors (Lipinski definition) is 7. The lowest BCUT2D eigenvalue weighted by atomic mass is 10.1. The van der Waals surface area contributed by atoms with Crippen molar-refractivity contribution in [2.24, 2.45) is 0 Å². The van der Waals surface area contributed by atoms with Crippen molar-refractivity contribution in [3.8, 4) is 28.5 Å². The highest BCUT2D eigenvalue weighted by Gasteiger charge is 2.23. The number of anilines is 1. The van der Waals surface area contributed by atoms with E-state index in [2.05, 4.69) is 10.2 Å². The van der Waals surface area contributed by atoms with E-state index < -0.39 is 11.6 Å². The number of halogens is 2. The summed E-state index contributed by atoms with van der Waals surface area (Å²) in [5, 5.41) is 8.70. The minimum absolute atomic E-state index is 0.156. The van der Waals surface area contributed by atoms with Gasteiger partial charge in [-0.05, 0) is 42.5 Å². The number of aromatic nitrogens is 2. The number of rotatable bonds is 7. The molecule has 2 aromatic carbocycles. The summed E-state index contributed by atoms with van der Waals surface area (Å²) in [5.41, 5.74) is 1.42. The molecule has 8 nitrogen and oxygen atoms in total. The number of carbonyl (C=O) groups excluding carboxylic acids is 1. The third kappa shape index (κ3) is 5.16. The molecule has 34 heavy (non-hydrogen) atoms. The molecule has 1 aromatic heterocycles. The van der Waals surface area contributed by atoms with Gasteiger partial charge < -0.3 is 24.0 Å². The zero-order valence-electron chi connectivity index (χ0n) is 18.8. The van der Waals surface area contributed by atoms with Crippen molar-refractivity contribution in [1.82, 2.24) is 15.1 Å². The lowest BCUT2D eigenvalue weighted by molar-refractivity contribution is -0.133. The molecular formula is C24H24F2N4O4. The normalized spacial score (nSPS) is 13.5. The first kappa shape index (κ1) is 23.2. The maximum Gasteiger partial charge on any atom is 0.260 e. The van der Waals surface area contributed by atoms with Crippen LogP contribution in [0.15, 0.2) is 48.5 Å². The Balaban J connectivity index is 1.34. The first-order valence-electron chi connectivity index (χ1n) is 10.6. The van der Waals surface area contributed by atoms with Crippen LogP contribution in [0, 0.1) is 11.6 Å². The second-order valence-electron chi connectivity index (χ2n) is 7.57. The Morgan fingerprint density at radius 3 is 2.32 bits per heavy atom. The van der Waals surface area contributed by atoms with E-state index >= 15 is 0 Å². The van der Waals surface area contributed by atoms with E-state index in [9.17, 15) is 13.6 Å². The fraction of sp³-hybridized carbons (Fsp3) is 0.292. The number of benzene rings is 2. The van der Waals surface area contributed by atoms with Crippen molar-refractivity contribution in [3.63, 3.8) is 0 Å². The molecule has 2 heterocycles. The predicted molar refractivity (Wildman–Crippen MR) is 121 cm³/mol. The monoisotopic (exact) mass is 470 g/mol. The molecular weight excluding hydrogens is 446 g/mol. The number of hydrogen-bond donors (Lipinski definition) is 0. The maximum absolute atomic E-state index is 13.7. The Morgan fingerprint density at radius 1 is 0.912 bits per heavy atom.